The highest BCUT2D eigenvalue weighted by Gasteiger charge is 2.19. The minimum atomic E-state index is 0.169. The van der Waals surface area contributed by atoms with Gasteiger partial charge in [0.25, 0.3) is 0 Å². The number of imidazole rings is 1. The van der Waals surface area contributed by atoms with Crippen LogP contribution in [0.4, 0.5) is 0 Å². The van der Waals surface area contributed by atoms with E-state index in [4.69, 9.17) is 0 Å². The maximum Gasteiger partial charge on any atom is 0.220 e. The predicted octanol–water partition coefficient (Wildman–Crippen LogP) is -0.212. The average molecular weight is 208 g/mol. The first-order chi connectivity index (χ1) is 7.25. The Morgan fingerprint density at radius 1 is 1.73 bits per heavy atom. The molecule has 0 aliphatic carbocycles. The Hall–Kier alpha value is -1.36. The Kier molecular flexibility index (Phi) is 3.01. The lowest BCUT2D eigenvalue weighted by atomic mass is 10.2. The minimum Gasteiger partial charge on any atom is -0.352 e. The van der Waals surface area contributed by atoms with E-state index < -0.39 is 0 Å². The molecular formula is C10H16N4O. The van der Waals surface area contributed by atoms with Crippen LogP contribution in [0.5, 0.6) is 0 Å². The second-order valence-corrected chi connectivity index (χ2v) is 3.93. The summed E-state index contributed by atoms with van der Waals surface area (Å²) < 4.78 is 1.99. The Morgan fingerprint density at radius 3 is 3.20 bits per heavy atom. The first-order valence-electron chi connectivity index (χ1n) is 5.21. The normalized spacial score (nSPS) is 20.6. The molecule has 15 heavy (non-hydrogen) atoms. The van der Waals surface area contributed by atoms with E-state index in [1.54, 1.807) is 6.33 Å². The van der Waals surface area contributed by atoms with Crippen LogP contribution >= 0.6 is 0 Å². The quantitative estimate of drug-likeness (QED) is 0.719. The van der Waals surface area contributed by atoms with Crippen molar-refractivity contribution < 1.29 is 4.79 Å². The molecule has 5 heteroatoms. The minimum absolute atomic E-state index is 0.169. The molecule has 1 aromatic rings. The summed E-state index contributed by atoms with van der Waals surface area (Å²) in [7, 11) is 1.97. The molecule has 1 aliphatic rings. The number of nitrogens with one attached hydrogen (secondary N) is 2. The number of carbonyl (C=O) groups is 1. The van der Waals surface area contributed by atoms with Crippen molar-refractivity contribution in [2.24, 2.45) is 7.05 Å². The van der Waals surface area contributed by atoms with Gasteiger partial charge in [0.15, 0.2) is 0 Å². The molecule has 0 radical (unpaired) electrons. The molecule has 2 rings (SSSR count). The number of hydrogen-bond acceptors (Lipinski definition) is 3. The molecule has 0 saturated carbocycles. The summed E-state index contributed by atoms with van der Waals surface area (Å²) in [5.74, 6) is 0.169. The van der Waals surface area contributed by atoms with Gasteiger partial charge in [-0.05, 0) is 6.42 Å². The topological polar surface area (TPSA) is 59.0 Å². The molecule has 1 aromatic heterocycles. The van der Waals surface area contributed by atoms with E-state index in [0.29, 0.717) is 12.5 Å². The third-order valence-electron chi connectivity index (χ3n) is 2.70. The molecule has 1 aliphatic heterocycles. The highest BCUT2D eigenvalue weighted by molar-refractivity contribution is 5.78. The summed E-state index contributed by atoms with van der Waals surface area (Å²) >= 11 is 0. The van der Waals surface area contributed by atoms with E-state index >= 15 is 0 Å². The summed E-state index contributed by atoms with van der Waals surface area (Å²) in [6, 6.07) is 0.297. The van der Waals surface area contributed by atoms with Crippen LogP contribution in [-0.4, -0.2) is 28.0 Å². The van der Waals surface area contributed by atoms with Gasteiger partial charge in [0.2, 0.25) is 5.91 Å². The number of rotatable bonds is 4. The van der Waals surface area contributed by atoms with Crippen molar-refractivity contribution in [3.05, 3.63) is 18.2 Å². The first-order valence-corrected chi connectivity index (χ1v) is 5.21. The van der Waals surface area contributed by atoms with Crippen LogP contribution in [-0.2, 0) is 18.4 Å². The zero-order valence-corrected chi connectivity index (χ0v) is 8.86. The lowest BCUT2D eigenvalue weighted by molar-refractivity contribution is -0.119. The van der Waals surface area contributed by atoms with Gasteiger partial charge >= 0.3 is 0 Å². The molecule has 1 unspecified atom stereocenters. The Labute approximate surface area is 88.9 Å². The lowest BCUT2D eigenvalue weighted by Crippen LogP contribution is -2.35. The van der Waals surface area contributed by atoms with Gasteiger partial charge in [-0.25, -0.2) is 4.98 Å². The third kappa shape index (κ3) is 2.56. The molecule has 1 fully saturated rings. The SMILES string of the molecule is Cn1cncc1CNCC1CCC(=O)N1. The van der Waals surface area contributed by atoms with Crippen molar-refractivity contribution in [2.75, 3.05) is 6.54 Å². The number of aromatic nitrogens is 2. The first kappa shape index (κ1) is 10.2. The van der Waals surface area contributed by atoms with Gasteiger partial charge in [-0.2, -0.15) is 0 Å². The standard InChI is InChI=1S/C10H16N4O/c1-14-7-12-6-9(14)5-11-4-8-2-3-10(15)13-8/h6-8,11H,2-5H2,1H3,(H,13,15). The monoisotopic (exact) mass is 208 g/mol. The van der Waals surface area contributed by atoms with Crippen LogP contribution in [0.25, 0.3) is 0 Å². The number of carbonyl (C=O) groups excluding carboxylic acids is 1. The van der Waals surface area contributed by atoms with Crippen LogP contribution in [0.2, 0.25) is 0 Å². The average Bonchev–Trinajstić information content (AvgIpc) is 2.77. The van der Waals surface area contributed by atoms with Crippen molar-refractivity contribution in [2.45, 2.75) is 25.4 Å². The smallest absolute Gasteiger partial charge is 0.220 e. The maximum absolute atomic E-state index is 10.9. The maximum atomic E-state index is 10.9. The van der Waals surface area contributed by atoms with Crippen LogP contribution in [0.3, 0.4) is 0 Å². The van der Waals surface area contributed by atoms with Gasteiger partial charge in [0, 0.05) is 38.8 Å². The van der Waals surface area contributed by atoms with E-state index in [9.17, 15) is 4.79 Å². The highest BCUT2D eigenvalue weighted by Crippen LogP contribution is 2.05. The Balaban J connectivity index is 1.71. The van der Waals surface area contributed by atoms with E-state index in [0.717, 1.165) is 25.2 Å². The van der Waals surface area contributed by atoms with Crippen LogP contribution in [0.15, 0.2) is 12.5 Å². The van der Waals surface area contributed by atoms with Gasteiger partial charge in [0.1, 0.15) is 0 Å². The fourth-order valence-electron chi connectivity index (χ4n) is 1.76. The lowest BCUT2D eigenvalue weighted by Gasteiger charge is -2.11. The van der Waals surface area contributed by atoms with Crippen molar-refractivity contribution in [1.82, 2.24) is 20.2 Å². The van der Waals surface area contributed by atoms with E-state index in [1.807, 2.05) is 17.8 Å². The van der Waals surface area contributed by atoms with Crippen molar-refractivity contribution >= 4 is 5.91 Å². The van der Waals surface area contributed by atoms with Crippen molar-refractivity contribution in [3.63, 3.8) is 0 Å². The second-order valence-electron chi connectivity index (χ2n) is 3.93. The summed E-state index contributed by atoms with van der Waals surface area (Å²) in [4.78, 5) is 15.0. The summed E-state index contributed by atoms with van der Waals surface area (Å²) in [6.07, 6.45) is 5.24. The van der Waals surface area contributed by atoms with Crippen molar-refractivity contribution in [1.29, 1.82) is 0 Å². The molecule has 0 spiro atoms. The van der Waals surface area contributed by atoms with Gasteiger partial charge < -0.3 is 15.2 Å². The fraction of sp³-hybridized carbons (Fsp3) is 0.600. The highest BCUT2D eigenvalue weighted by atomic mass is 16.1. The Bertz CT molecular complexity index is 347. The van der Waals surface area contributed by atoms with Crippen LogP contribution in [0, 0.1) is 0 Å². The molecule has 5 nitrogen and oxygen atoms in total. The number of aryl methyl sites for hydroxylation is 1. The molecule has 1 atom stereocenters. The zero-order chi connectivity index (χ0) is 10.7. The van der Waals surface area contributed by atoms with Gasteiger partial charge in [-0.1, -0.05) is 0 Å². The molecule has 1 amide bonds. The fourth-order valence-corrected chi connectivity index (χ4v) is 1.76. The molecule has 0 bridgehead atoms. The second kappa shape index (κ2) is 4.44. The van der Waals surface area contributed by atoms with Crippen molar-refractivity contribution in [3.8, 4) is 0 Å². The largest absolute Gasteiger partial charge is 0.352 e. The molecule has 2 N–H and O–H groups in total. The third-order valence-corrected chi connectivity index (χ3v) is 2.70. The summed E-state index contributed by atoms with van der Waals surface area (Å²) in [5, 5.41) is 6.24. The number of amides is 1. The molecule has 82 valence electrons. The molecule has 1 saturated heterocycles. The van der Waals surface area contributed by atoms with Gasteiger partial charge in [-0.15, -0.1) is 0 Å². The van der Waals surface area contributed by atoms with Crippen LogP contribution in [0.1, 0.15) is 18.5 Å². The van der Waals surface area contributed by atoms with Gasteiger partial charge in [0.05, 0.1) is 12.0 Å². The van der Waals surface area contributed by atoms with E-state index in [2.05, 4.69) is 15.6 Å². The zero-order valence-electron chi connectivity index (χ0n) is 8.86. The molecule has 0 aromatic carbocycles. The summed E-state index contributed by atoms with van der Waals surface area (Å²) in [5.41, 5.74) is 1.15. The van der Waals surface area contributed by atoms with E-state index in [1.165, 1.54) is 0 Å². The number of nitrogens with zero attached hydrogens (tertiary/aromatic N) is 2. The van der Waals surface area contributed by atoms with Crippen LogP contribution < -0.4 is 10.6 Å². The van der Waals surface area contributed by atoms with E-state index in [-0.39, 0.29) is 5.91 Å². The predicted molar refractivity (Wildman–Crippen MR) is 56.1 cm³/mol. The Morgan fingerprint density at radius 2 is 2.60 bits per heavy atom. The number of hydrogen-bond donors (Lipinski definition) is 2. The summed E-state index contributed by atoms with van der Waals surface area (Å²) in [6.45, 7) is 1.62. The van der Waals surface area contributed by atoms with Gasteiger partial charge in [-0.3, -0.25) is 4.79 Å². The molecular weight excluding hydrogens is 192 g/mol. The molecule has 2 heterocycles.